The minimum absolute atomic E-state index is 0.249. The molecule has 0 unspecified atom stereocenters. The van der Waals surface area contributed by atoms with Gasteiger partial charge in [0.05, 0.1) is 5.69 Å². The first-order valence-electron chi connectivity index (χ1n) is 6.60. The molecular formula is C15H17F2N3S. The number of nitrogens with one attached hydrogen (secondary N) is 1. The zero-order chi connectivity index (χ0) is 15.4. The van der Waals surface area contributed by atoms with Gasteiger partial charge in [0, 0.05) is 23.1 Å². The molecule has 1 N–H and O–H groups in total. The molecule has 0 aliphatic carbocycles. The summed E-state index contributed by atoms with van der Waals surface area (Å²) in [6.45, 7) is 4.15. The molecule has 1 heterocycles. The standard InChI is InChI=1S/C15H17F2N3S/c1-9(2)12-13(19-8-20-14(12)18-3)10-4-6-11(7-5-10)21-15(16)17/h4-9,15H,1-3H3,(H,18,19,20). The van der Waals surface area contributed by atoms with E-state index in [9.17, 15) is 8.78 Å². The van der Waals surface area contributed by atoms with Crippen LogP contribution in [-0.4, -0.2) is 22.8 Å². The lowest BCUT2D eigenvalue weighted by Crippen LogP contribution is -2.04. The highest BCUT2D eigenvalue weighted by Crippen LogP contribution is 2.33. The predicted octanol–water partition coefficient (Wildman–Crippen LogP) is 4.62. The second-order valence-electron chi connectivity index (χ2n) is 4.79. The third kappa shape index (κ3) is 3.69. The number of hydrogen-bond donors (Lipinski definition) is 1. The van der Waals surface area contributed by atoms with E-state index in [1.165, 1.54) is 6.33 Å². The molecule has 2 aromatic rings. The second-order valence-corrected chi connectivity index (χ2v) is 5.86. The number of anilines is 1. The van der Waals surface area contributed by atoms with Crippen LogP contribution in [0.1, 0.15) is 25.3 Å². The quantitative estimate of drug-likeness (QED) is 0.818. The molecule has 0 saturated carbocycles. The van der Waals surface area contributed by atoms with E-state index < -0.39 is 5.76 Å². The van der Waals surface area contributed by atoms with Crippen LogP contribution in [0.5, 0.6) is 0 Å². The van der Waals surface area contributed by atoms with Crippen LogP contribution in [-0.2, 0) is 0 Å². The largest absolute Gasteiger partial charge is 0.373 e. The number of thioether (sulfide) groups is 1. The monoisotopic (exact) mass is 309 g/mol. The molecule has 0 aliphatic rings. The van der Waals surface area contributed by atoms with E-state index >= 15 is 0 Å². The van der Waals surface area contributed by atoms with Crippen LogP contribution in [0.25, 0.3) is 11.3 Å². The van der Waals surface area contributed by atoms with Gasteiger partial charge in [-0.1, -0.05) is 37.7 Å². The SMILES string of the molecule is CNc1ncnc(-c2ccc(SC(F)F)cc2)c1C(C)C. The van der Waals surface area contributed by atoms with Crippen LogP contribution in [0.3, 0.4) is 0 Å². The van der Waals surface area contributed by atoms with Gasteiger partial charge in [0.15, 0.2) is 0 Å². The van der Waals surface area contributed by atoms with Crippen molar-refractivity contribution >= 4 is 17.6 Å². The van der Waals surface area contributed by atoms with Crippen molar-refractivity contribution in [3.05, 3.63) is 36.2 Å². The topological polar surface area (TPSA) is 37.8 Å². The van der Waals surface area contributed by atoms with Crippen molar-refractivity contribution in [3.8, 4) is 11.3 Å². The Balaban J connectivity index is 2.42. The average Bonchev–Trinajstić information content (AvgIpc) is 2.46. The minimum Gasteiger partial charge on any atom is -0.373 e. The van der Waals surface area contributed by atoms with Crippen LogP contribution < -0.4 is 5.32 Å². The average molecular weight is 309 g/mol. The molecule has 21 heavy (non-hydrogen) atoms. The maximum Gasteiger partial charge on any atom is 0.288 e. The predicted molar refractivity (Wildman–Crippen MR) is 83.0 cm³/mol. The van der Waals surface area contributed by atoms with E-state index in [1.807, 2.05) is 19.2 Å². The van der Waals surface area contributed by atoms with E-state index in [0.29, 0.717) is 16.7 Å². The fourth-order valence-corrected chi connectivity index (χ4v) is 2.66. The Morgan fingerprint density at radius 1 is 1.10 bits per heavy atom. The van der Waals surface area contributed by atoms with Crippen molar-refractivity contribution in [2.45, 2.75) is 30.4 Å². The van der Waals surface area contributed by atoms with Gasteiger partial charge in [-0.25, -0.2) is 9.97 Å². The molecule has 0 amide bonds. The maximum absolute atomic E-state index is 12.3. The first-order chi connectivity index (χ1) is 10.0. The van der Waals surface area contributed by atoms with Gasteiger partial charge in [0.2, 0.25) is 0 Å². The van der Waals surface area contributed by atoms with Crippen LogP contribution in [0.4, 0.5) is 14.6 Å². The third-order valence-corrected chi connectivity index (χ3v) is 3.77. The lowest BCUT2D eigenvalue weighted by Gasteiger charge is -2.15. The zero-order valence-electron chi connectivity index (χ0n) is 12.1. The van der Waals surface area contributed by atoms with Crippen LogP contribution in [0.2, 0.25) is 0 Å². The highest BCUT2D eigenvalue weighted by Gasteiger charge is 2.15. The normalized spacial score (nSPS) is 11.2. The Kier molecular flexibility index (Phi) is 5.12. The first-order valence-corrected chi connectivity index (χ1v) is 7.48. The number of halogens is 2. The molecule has 0 atom stereocenters. The molecule has 0 aliphatic heterocycles. The fraction of sp³-hybridized carbons (Fsp3) is 0.333. The summed E-state index contributed by atoms with van der Waals surface area (Å²) in [5.41, 5.74) is 2.75. The fourth-order valence-electron chi connectivity index (χ4n) is 2.17. The van der Waals surface area contributed by atoms with Gasteiger partial charge in [-0.3, -0.25) is 0 Å². The molecule has 112 valence electrons. The zero-order valence-corrected chi connectivity index (χ0v) is 12.9. The summed E-state index contributed by atoms with van der Waals surface area (Å²) in [4.78, 5) is 9.14. The van der Waals surface area contributed by atoms with Gasteiger partial charge in [-0.05, 0) is 18.1 Å². The van der Waals surface area contributed by atoms with Crippen LogP contribution in [0, 0.1) is 0 Å². The maximum atomic E-state index is 12.3. The molecule has 1 aromatic carbocycles. The highest BCUT2D eigenvalue weighted by molar-refractivity contribution is 7.99. The highest BCUT2D eigenvalue weighted by atomic mass is 32.2. The van der Waals surface area contributed by atoms with Crippen molar-refractivity contribution in [2.24, 2.45) is 0 Å². The van der Waals surface area contributed by atoms with Crippen molar-refractivity contribution in [1.82, 2.24) is 9.97 Å². The molecule has 1 aromatic heterocycles. The molecule has 0 fully saturated rings. The smallest absolute Gasteiger partial charge is 0.288 e. The molecule has 0 radical (unpaired) electrons. The van der Waals surface area contributed by atoms with E-state index in [-0.39, 0.29) is 5.92 Å². The summed E-state index contributed by atoms with van der Waals surface area (Å²) in [7, 11) is 1.82. The summed E-state index contributed by atoms with van der Waals surface area (Å²) in [5, 5.41) is 3.07. The lowest BCUT2D eigenvalue weighted by atomic mass is 9.97. The van der Waals surface area contributed by atoms with Gasteiger partial charge in [0.1, 0.15) is 12.1 Å². The number of nitrogens with zero attached hydrogens (tertiary/aromatic N) is 2. The van der Waals surface area contributed by atoms with Crippen LogP contribution >= 0.6 is 11.8 Å². The van der Waals surface area contributed by atoms with Crippen molar-refractivity contribution in [2.75, 3.05) is 12.4 Å². The summed E-state index contributed by atoms with van der Waals surface area (Å²) in [6, 6.07) is 7.02. The first kappa shape index (κ1) is 15.7. The number of benzene rings is 1. The van der Waals surface area contributed by atoms with Gasteiger partial charge < -0.3 is 5.32 Å². The van der Waals surface area contributed by atoms with Gasteiger partial charge in [0.25, 0.3) is 5.76 Å². The summed E-state index contributed by atoms with van der Waals surface area (Å²) in [5.74, 6) is -1.36. The Morgan fingerprint density at radius 2 is 1.76 bits per heavy atom. The molecule has 6 heteroatoms. The Labute approximate surface area is 127 Å². The van der Waals surface area contributed by atoms with E-state index in [4.69, 9.17) is 0 Å². The van der Waals surface area contributed by atoms with Gasteiger partial charge >= 0.3 is 0 Å². The molecule has 2 rings (SSSR count). The van der Waals surface area contributed by atoms with Crippen molar-refractivity contribution in [3.63, 3.8) is 0 Å². The molecular weight excluding hydrogens is 292 g/mol. The van der Waals surface area contributed by atoms with E-state index in [1.54, 1.807) is 12.1 Å². The van der Waals surface area contributed by atoms with E-state index in [2.05, 4.69) is 29.1 Å². The molecule has 0 spiro atoms. The number of alkyl halides is 2. The Morgan fingerprint density at radius 3 is 2.29 bits per heavy atom. The van der Waals surface area contributed by atoms with Crippen LogP contribution in [0.15, 0.2) is 35.5 Å². The third-order valence-electron chi connectivity index (χ3n) is 3.05. The van der Waals surface area contributed by atoms with Crippen molar-refractivity contribution in [1.29, 1.82) is 0 Å². The summed E-state index contributed by atoms with van der Waals surface area (Å²) < 4.78 is 24.7. The lowest BCUT2D eigenvalue weighted by molar-refractivity contribution is 0.252. The number of aromatic nitrogens is 2. The minimum atomic E-state index is -2.41. The molecule has 3 nitrogen and oxygen atoms in total. The summed E-state index contributed by atoms with van der Waals surface area (Å²) >= 11 is 0.542. The number of hydrogen-bond acceptors (Lipinski definition) is 4. The number of rotatable bonds is 5. The Bertz CT molecular complexity index is 600. The Hall–Kier alpha value is -1.69. The molecule has 0 saturated heterocycles. The molecule has 0 bridgehead atoms. The van der Waals surface area contributed by atoms with E-state index in [0.717, 1.165) is 22.6 Å². The summed E-state index contributed by atoms with van der Waals surface area (Å²) in [6.07, 6.45) is 1.51. The van der Waals surface area contributed by atoms with Gasteiger partial charge in [-0.15, -0.1) is 0 Å². The second kappa shape index (κ2) is 6.85. The van der Waals surface area contributed by atoms with Crippen molar-refractivity contribution < 1.29 is 8.78 Å². The van der Waals surface area contributed by atoms with Gasteiger partial charge in [-0.2, -0.15) is 8.78 Å².